The van der Waals surface area contributed by atoms with Crippen LogP contribution in [0.1, 0.15) is 47.5 Å². The molecule has 0 atom stereocenters. The third kappa shape index (κ3) is 18.9. The van der Waals surface area contributed by atoms with Crippen LogP contribution in [0.2, 0.25) is 49.9 Å². The quantitative estimate of drug-likeness (QED) is 0.324. The van der Waals surface area contributed by atoms with Crippen molar-refractivity contribution in [3.05, 3.63) is 14.9 Å². The Labute approximate surface area is 144 Å². The summed E-state index contributed by atoms with van der Waals surface area (Å²) in [5, 5.41) is 0. The van der Waals surface area contributed by atoms with E-state index in [0.29, 0.717) is 0 Å². The van der Waals surface area contributed by atoms with Crippen LogP contribution >= 0.6 is 0 Å². The molecule has 130 valence electrons. The van der Waals surface area contributed by atoms with Gasteiger partial charge in [-0.1, -0.05) is 97.3 Å². The largest absolute Gasteiger partial charge is 2.00 e. The van der Waals surface area contributed by atoms with Crippen LogP contribution in [0.5, 0.6) is 0 Å². The zero-order chi connectivity index (χ0) is 13.9. The van der Waals surface area contributed by atoms with Gasteiger partial charge in [0.2, 0.25) is 0 Å². The monoisotopic (exact) mass is 362 g/mol. The van der Waals surface area contributed by atoms with Gasteiger partial charge in [0, 0.05) is 8.07 Å². The van der Waals surface area contributed by atoms with Crippen molar-refractivity contribution in [3.63, 3.8) is 0 Å². The third-order valence-corrected chi connectivity index (χ3v) is 12.1. The second-order valence-electron chi connectivity index (χ2n) is 6.62. The predicted molar refractivity (Wildman–Crippen MR) is 104 cm³/mol. The molecule has 0 radical (unpaired) electrons. The van der Waals surface area contributed by atoms with Crippen molar-refractivity contribution < 1.29 is 16.5 Å². The molecular weight excluding hydrogens is 319 g/mol. The van der Waals surface area contributed by atoms with Gasteiger partial charge in [0.05, 0.1) is 8.07 Å². The van der Waals surface area contributed by atoms with E-state index < -0.39 is 16.1 Å². The van der Waals surface area contributed by atoms with Crippen LogP contribution in [0.25, 0.3) is 0 Å². The molecule has 0 spiro atoms. The molecule has 3 heteroatoms. The Kier molecular flexibility index (Phi) is 29.4. The molecule has 0 aromatic heterocycles. The van der Waals surface area contributed by atoms with Gasteiger partial charge in [0.15, 0.2) is 0 Å². The summed E-state index contributed by atoms with van der Waals surface area (Å²) in [6, 6.07) is 7.51. The first-order valence-electron chi connectivity index (χ1n) is 7.80. The second kappa shape index (κ2) is 18.0. The molecule has 0 aromatic rings. The van der Waals surface area contributed by atoms with Crippen molar-refractivity contribution >= 4 is 16.1 Å². The van der Waals surface area contributed by atoms with E-state index in [4.69, 9.17) is 0 Å². The minimum absolute atomic E-state index is 0. The minimum Gasteiger partial charge on any atom is -0.358 e. The summed E-state index contributed by atoms with van der Waals surface area (Å²) in [4.78, 5) is 0. The topological polar surface area (TPSA) is 0 Å². The van der Waals surface area contributed by atoms with Crippen molar-refractivity contribution in [2.75, 3.05) is 0 Å². The summed E-state index contributed by atoms with van der Waals surface area (Å²) >= 11 is 0. The molecule has 0 nitrogen and oxygen atoms in total. The standard InChI is InChI=1S/C9H22Si.C6H16Si.2CH3.Ni/c1-5-9-10(6-2,7-3)8-4;1-5-6-7(2,3)4;;;/h5-9H2,1-4H3;5-6H2,1-4H3;2*1H3;/q;;2*-1;+2. The molecule has 0 N–H and O–H groups in total. The Morgan fingerprint density at radius 1 is 0.600 bits per heavy atom. The van der Waals surface area contributed by atoms with Gasteiger partial charge in [-0.15, -0.1) is 0 Å². The van der Waals surface area contributed by atoms with E-state index in [9.17, 15) is 0 Å². The smallest absolute Gasteiger partial charge is 0.358 e. The van der Waals surface area contributed by atoms with Crippen molar-refractivity contribution in [1.82, 2.24) is 0 Å². The van der Waals surface area contributed by atoms with Crippen molar-refractivity contribution in [2.45, 2.75) is 97.3 Å². The fraction of sp³-hybridized carbons (Fsp3) is 0.882. The molecule has 0 rings (SSSR count). The third-order valence-electron chi connectivity index (χ3n) is 4.03. The molecule has 20 heavy (non-hydrogen) atoms. The van der Waals surface area contributed by atoms with Crippen LogP contribution in [0.3, 0.4) is 0 Å². The van der Waals surface area contributed by atoms with Crippen molar-refractivity contribution in [3.8, 4) is 0 Å². The maximum atomic E-state index is 2.41. The SMILES string of the molecule is CCC[Si](C)(C)C.CCC[Si](CC)(CC)CC.[CH3-].[CH3-].[Ni+2]. The van der Waals surface area contributed by atoms with Crippen molar-refractivity contribution in [1.29, 1.82) is 0 Å². The maximum absolute atomic E-state index is 2.41. The van der Waals surface area contributed by atoms with Crippen molar-refractivity contribution in [2.24, 2.45) is 0 Å². The molecule has 0 aromatic carbocycles. The van der Waals surface area contributed by atoms with Crippen LogP contribution in [-0.2, 0) is 16.5 Å². The molecule has 0 amide bonds. The first-order valence-corrected chi connectivity index (χ1v) is 14.3. The molecule has 0 saturated heterocycles. The Hall–Kier alpha value is 0.927. The van der Waals surface area contributed by atoms with E-state index >= 15 is 0 Å². The van der Waals surface area contributed by atoms with E-state index in [2.05, 4.69) is 54.3 Å². The molecular formula is C17H44NiSi2. The molecule has 0 heterocycles. The molecule has 0 aliphatic rings. The summed E-state index contributed by atoms with van der Waals surface area (Å²) in [6.45, 7) is 19.0. The summed E-state index contributed by atoms with van der Waals surface area (Å²) in [7, 11) is -1.37. The average molecular weight is 363 g/mol. The fourth-order valence-corrected chi connectivity index (χ4v) is 7.68. The molecule has 0 aliphatic carbocycles. The number of rotatable bonds is 7. The van der Waals surface area contributed by atoms with Gasteiger partial charge in [0.25, 0.3) is 0 Å². The van der Waals surface area contributed by atoms with Gasteiger partial charge >= 0.3 is 16.5 Å². The Balaban J connectivity index is -0.0000000681. The summed E-state index contributed by atoms with van der Waals surface area (Å²) in [5.74, 6) is 0. The first kappa shape index (κ1) is 32.8. The maximum Gasteiger partial charge on any atom is 2.00 e. The van der Waals surface area contributed by atoms with E-state index in [1.165, 1.54) is 37.0 Å². The van der Waals surface area contributed by atoms with Gasteiger partial charge in [-0.3, -0.25) is 0 Å². The van der Waals surface area contributed by atoms with E-state index in [1.54, 1.807) is 6.04 Å². The molecule has 0 fully saturated rings. The minimum atomic E-state index is -0.717. The van der Waals surface area contributed by atoms with Crippen LogP contribution in [0, 0.1) is 14.9 Å². The molecule has 0 saturated carbocycles. The summed E-state index contributed by atoms with van der Waals surface area (Å²) in [5.41, 5.74) is 0. The predicted octanol–water partition coefficient (Wildman–Crippen LogP) is 7.54. The van der Waals surface area contributed by atoms with Gasteiger partial charge in [-0.2, -0.15) is 0 Å². The summed E-state index contributed by atoms with van der Waals surface area (Å²) < 4.78 is 0. The molecule has 0 unspecified atom stereocenters. The second-order valence-corrected chi connectivity index (χ2v) is 17.9. The Morgan fingerprint density at radius 3 is 0.950 bits per heavy atom. The van der Waals surface area contributed by atoms with Crippen LogP contribution in [-0.4, -0.2) is 16.1 Å². The van der Waals surface area contributed by atoms with Gasteiger partial charge < -0.3 is 14.9 Å². The summed E-state index contributed by atoms with van der Waals surface area (Å²) in [6.07, 6.45) is 2.78. The van der Waals surface area contributed by atoms with Gasteiger partial charge in [0.1, 0.15) is 0 Å². The molecule has 0 aliphatic heterocycles. The van der Waals surface area contributed by atoms with E-state index in [-0.39, 0.29) is 31.3 Å². The number of hydrogen-bond donors (Lipinski definition) is 0. The normalized spacial score (nSPS) is 10.2. The molecule has 0 bridgehead atoms. The van der Waals surface area contributed by atoms with Crippen LogP contribution < -0.4 is 0 Å². The van der Waals surface area contributed by atoms with Gasteiger partial charge in [-0.25, -0.2) is 0 Å². The Bertz CT molecular complexity index is 153. The fourth-order valence-electron chi connectivity index (χ4n) is 2.56. The van der Waals surface area contributed by atoms with E-state index in [0.717, 1.165) is 0 Å². The van der Waals surface area contributed by atoms with E-state index in [1.807, 2.05) is 0 Å². The average Bonchev–Trinajstić information content (AvgIpc) is 2.25. The first-order chi connectivity index (χ1) is 7.80. The van der Waals surface area contributed by atoms with Crippen LogP contribution in [0.4, 0.5) is 0 Å². The van der Waals surface area contributed by atoms with Gasteiger partial charge in [-0.05, 0) is 0 Å². The Morgan fingerprint density at radius 2 is 0.900 bits per heavy atom. The zero-order valence-corrected chi connectivity index (χ0v) is 19.3. The van der Waals surface area contributed by atoms with Crippen LogP contribution in [0.15, 0.2) is 0 Å². The number of hydrogen-bond acceptors (Lipinski definition) is 0. The zero-order valence-electron chi connectivity index (χ0n) is 16.3.